The molecular formula is C8H12N2O2. The molecule has 3 amide bonds. The molecular weight excluding hydrogens is 156 g/mol. The molecule has 1 heterocycles. The number of rotatable bonds is 2. The van der Waals surface area contributed by atoms with Crippen molar-refractivity contribution in [3.05, 3.63) is 0 Å². The topological polar surface area (TPSA) is 58.2 Å². The van der Waals surface area contributed by atoms with E-state index in [-0.39, 0.29) is 11.9 Å². The number of urea groups is 1. The molecule has 1 aliphatic heterocycles. The van der Waals surface area contributed by atoms with Crippen molar-refractivity contribution in [1.29, 1.82) is 0 Å². The highest BCUT2D eigenvalue weighted by atomic mass is 16.2. The van der Waals surface area contributed by atoms with Crippen molar-refractivity contribution in [1.82, 2.24) is 10.6 Å². The molecule has 4 heteroatoms. The van der Waals surface area contributed by atoms with Crippen molar-refractivity contribution in [3.63, 3.8) is 0 Å². The minimum Gasteiger partial charge on any atom is -0.323 e. The van der Waals surface area contributed by atoms with Crippen LogP contribution in [-0.4, -0.2) is 17.5 Å². The summed E-state index contributed by atoms with van der Waals surface area (Å²) < 4.78 is 0. The number of hydrogen-bond acceptors (Lipinski definition) is 2. The van der Waals surface area contributed by atoms with Crippen LogP contribution in [-0.2, 0) is 4.79 Å². The quantitative estimate of drug-likeness (QED) is 0.586. The Morgan fingerprint density at radius 3 is 2.50 bits per heavy atom. The standard InChI is InChI=1S/C8H12N2O2/c1-2-8(5-3-4-5)6(11)9-7(12)10-8/h5H,2-4H2,1H3,(H2,9,10,11,12). The third kappa shape index (κ3) is 0.838. The second-order valence-electron chi connectivity index (χ2n) is 3.51. The number of imide groups is 1. The maximum absolute atomic E-state index is 11.4. The lowest BCUT2D eigenvalue weighted by molar-refractivity contribution is -0.124. The first-order valence-electron chi connectivity index (χ1n) is 4.32. The van der Waals surface area contributed by atoms with E-state index in [4.69, 9.17) is 0 Å². The molecule has 1 unspecified atom stereocenters. The van der Waals surface area contributed by atoms with E-state index in [0.29, 0.717) is 12.3 Å². The lowest BCUT2D eigenvalue weighted by Gasteiger charge is -2.23. The van der Waals surface area contributed by atoms with Gasteiger partial charge in [-0.25, -0.2) is 4.79 Å². The van der Waals surface area contributed by atoms with Gasteiger partial charge in [-0.1, -0.05) is 6.92 Å². The monoisotopic (exact) mass is 168 g/mol. The normalized spacial score (nSPS) is 34.8. The number of carbonyl (C=O) groups is 2. The van der Waals surface area contributed by atoms with Crippen molar-refractivity contribution in [2.24, 2.45) is 5.92 Å². The molecule has 1 saturated heterocycles. The van der Waals surface area contributed by atoms with Gasteiger partial charge in [-0.05, 0) is 25.2 Å². The second-order valence-corrected chi connectivity index (χ2v) is 3.51. The molecule has 66 valence electrons. The van der Waals surface area contributed by atoms with E-state index < -0.39 is 5.54 Å². The Hall–Kier alpha value is -1.06. The van der Waals surface area contributed by atoms with Crippen LogP contribution in [0.5, 0.6) is 0 Å². The van der Waals surface area contributed by atoms with Gasteiger partial charge < -0.3 is 5.32 Å². The van der Waals surface area contributed by atoms with Gasteiger partial charge in [0, 0.05) is 0 Å². The molecule has 0 spiro atoms. The van der Waals surface area contributed by atoms with Crippen LogP contribution in [0.1, 0.15) is 26.2 Å². The first kappa shape index (κ1) is 7.58. The van der Waals surface area contributed by atoms with E-state index in [1.807, 2.05) is 6.92 Å². The third-order valence-electron chi connectivity index (χ3n) is 2.80. The van der Waals surface area contributed by atoms with Crippen LogP contribution in [0.25, 0.3) is 0 Å². The molecule has 0 aromatic rings. The van der Waals surface area contributed by atoms with Gasteiger partial charge in [0.25, 0.3) is 5.91 Å². The van der Waals surface area contributed by atoms with Crippen LogP contribution in [0, 0.1) is 5.92 Å². The summed E-state index contributed by atoms with van der Waals surface area (Å²) in [7, 11) is 0. The number of amides is 3. The minimum atomic E-state index is -0.572. The van der Waals surface area contributed by atoms with Crippen LogP contribution in [0.2, 0.25) is 0 Å². The van der Waals surface area contributed by atoms with Crippen LogP contribution in [0.15, 0.2) is 0 Å². The third-order valence-corrected chi connectivity index (χ3v) is 2.80. The summed E-state index contributed by atoms with van der Waals surface area (Å²) in [6.07, 6.45) is 2.80. The Morgan fingerprint density at radius 2 is 2.17 bits per heavy atom. The first-order chi connectivity index (χ1) is 5.69. The van der Waals surface area contributed by atoms with Gasteiger partial charge in [-0.3, -0.25) is 10.1 Å². The lowest BCUT2D eigenvalue weighted by atomic mass is 9.90. The molecule has 1 aliphatic carbocycles. The van der Waals surface area contributed by atoms with Crippen molar-refractivity contribution >= 4 is 11.9 Å². The largest absolute Gasteiger partial charge is 0.323 e. The van der Waals surface area contributed by atoms with Crippen LogP contribution < -0.4 is 10.6 Å². The average molecular weight is 168 g/mol. The summed E-state index contributed by atoms with van der Waals surface area (Å²) in [5.74, 6) is 0.228. The van der Waals surface area contributed by atoms with Crippen molar-refractivity contribution in [2.75, 3.05) is 0 Å². The van der Waals surface area contributed by atoms with E-state index in [2.05, 4.69) is 10.6 Å². The molecule has 1 saturated carbocycles. The van der Waals surface area contributed by atoms with Gasteiger partial charge in [0.15, 0.2) is 0 Å². The fraction of sp³-hybridized carbons (Fsp3) is 0.750. The fourth-order valence-corrected chi connectivity index (χ4v) is 1.91. The molecule has 0 bridgehead atoms. The van der Waals surface area contributed by atoms with Gasteiger partial charge in [0.1, 0.15) is 5.54 Å². The summed E-state index contributed by atoms with van der Waals surface area (Å²) in [4.78, 5) is 22.3. The van der Waals surface area contributed by atoms with Gasteiger partial charge in [0.05, 0.1) is 0 Å². The summed E-state index contributed by atoms with van der Waals surface area (Å²) in [5.41, 5.74) is -0.572. The van der Waals surface area contributed by atoms with E-state index in [1.165, 1.54) is 0 Å². The van der Waals surface area contributed by atoms with E-state index in [1.54, 1.807) is 0 Å². The van der Waals surface area contributed by atoms with Crippen molar-refractivity contribution in [2.45, 2.75) is 31.7 Å². The Morgan fingerprint density at radius 1 is 1.50 bits per heavy atom. The lowest BCUT2D eigenvalue weighted by Crippen LogP contribution is -2.48. The number of nitrogens with one attached hydrogen (secondary N) is 2. The average Bonchev–Trinajstić information content (AvgIpc) is 2.79. The van der Waals surface area contributed by atoms with E-state index in [0.717, 1.165) is 12.8 Å². The van der Waals surface area contributed by atoms with Crippen LogP contribution >= 0.6 is 0 Å². The smallest absolute Gasteiger partial charge is 0.322 e. The molecule has 2 rings (SSSR count). The zero-order valence-corrected chi connectivity index (χ0v) is 7.02. The van der Waals surface area contributed by atoms with Gasteiger partial charge in [-0.2, -0.15) is 0 Å². The van der Waals surface area contributed by atoms with E-state index >= 15 is 0 Å². The fourth-order valence-electron chi connectivity index (χ4n) is 1.91. The summed E-state index contributed by atoms with van der Waals surface area (Å²) in [6.45, 7) is 1.93. The highest BCUT2D eigenvalue weighted by Gasteiger charge is 2.54. The summed E-state index contributed by atoms with van der Waals surface area (Å²) in [5, 5.41) is 5.02. The molecule has 0 aromatic heterocycles. The van der Waals surface area contributed by atoms with Gasteiger partial charge in [0.2, 0.25) is 0 Å². The van der Waals surface area contributed by atoms with E-state index in [9.17, 15) is 9.59 Å². The maximum atomic E-state index is 11.4. The predicted molar refractivity (Wildman–Crippen MR) is 42.4 cm³/mol. The SMILES string of the molecule is CCC1(C2CC2)NC(=O)NC1=O. The Kier molecular flexibility index (Phi) is 1.40. The predicted octanol–water partition coefficient (Wildman–Crippen LogP) is 0.385. The van der Waals surface area contributed by atoms with Crippen LogP contribution in [0.4, 0.5) is 4.79 Å². The second kappa shape index (κ2) is 2.21. The molecule has 2 N–H and O–H groups in total. The summed E-state index contributed by atoms with van der Waals surface area (Å²) >= 11 is 0. The molecule has 0 aromatic carbocycles. The van der Waals surface area contributed by atoms with Crippen molar-refractivity contribution in [3.8, 4) is 0 Å². The Labute approximate surface area is 70.7 Å². The minimum absolute atomic E-state index is 0.141. The molecule has 1 atom stereocenters. The zero-order valence-electron chi connectivity index (χ0n) is 7.02. The molecule has 0 radical (unpaired) electrons. The maximum Gasteiger partial charge on any atom is 0.322 e. The molecule has 4 nitrogen and oxygen atoms in total. The van der Waals surface area contributed by atoms with Gasteiger partial charge in [-0.15, -0.1) is 0 Å². The molecule has 2 fully saturated rings. The molecule has 12 heavy (non-hydrogen) atoms. The molecule has 2 aliphatic rings. The van der Waals surface area contributed by atoms with Crippen molar-refractivity contribution < 1.29 is 9.59 Å². The zero-order chi connectivity index (χ0) is 8.77. The Balaban J connectivity index is 2.26. The Bertz CT molecular complexity index is 247. The number of carbonyl (C=O) groups excluding carboxylic acids is 2. The van der Waals surface area contributed by atoms with Crippen LogP contribution in [0.3, 0.4) is 0 Å². The van der Waals surface area contributed by atoms with Gasteiger partial charge >= 0.3 is 6.03 Å². The highest BCUT2D eigenvalue weighted by Crippen LogP contribution is 2.42. The highest BCUT2D eigenvalue weighted by molar-refractivity contribution is 6.07. The first-order valence-corrected chi connectivity index (χ1v) is 4.32. The summed E-state index contributed by atoms with van der Waals surface area (Å²) in [6, 6.07) is -0.339. The number of hydrogen-bond donors (Lipinski definition) is 2.